The number of carbonyl (C=O) groups excluding carboxylic acids is 1. The smallest absolute Gasteiger partial charge is 0.440 e. The molecule has 1 amide bonds. The molecule has 0 atom stereocenters. The summed E-state index contributed by atoms with van der Waals surface area (Å²) >= 11 is 0. The van der Waals surface area contributed by atoms with Crippen LogP contribution in [0.2, 0.25) is 0 Å². The van der Waals surface area contributed by atoms with Crippen molar-refractivity contribution in [3.8, 4) is 16.9 Å². The standard InChI is InChI=1S/C30H33N3O6/c1-5-32(19-30(3,4)37)27(34)24-11-14-26(20(2)15-24)23-8-6-7-22(16-23)18-38-25-12-9-21(10-13-25)17-33-28(35)31-29(36)39-33/h6-16,37H,5,17-19H2,1-4H3,(H,31,35,36). The maximum absolute atomic E-state index is 13.0. The van der Waals surface area contributed by atoms with Gasteiger partial charge in [0.25, 0.3) is 5.91 Å². The number of likely N-dealkylation sites (N-methyl/N-ethyl adjacent to an activating group) is 1. The number of hydrogen-bond acceptors (Lipinski definition) is 6. The van der Waals surface area contributed by atoms with Crippen molar-refractivity contribution in [2.45, 2.75) is 46.4 Å². The van der Waals surface area contributed by atoms with Crippen LogP contribution in [-0.4, -0.2) is 44.3 Å². The molecule has 9 heteroatoms. The Hall–Kier alpha value is -4.37. The highest BCUT2D eigenvalue weighted by Crippen LogP contribution is 2.26. The first-order valence-electron chi connectivity index (χ1n) is 12.8. The third kappa shape index (κ3) is 7.14. The van der Waals surface area contributed by atoms with Gasteiger partial charge < -0.3 is 19.3 Å². The summed E-state index contributed by atoms with van der Waals surface area (Å²) < 4.78 is 11.7. The highest BCUT2D eigenvalue weighted by Gasteiger charge is 2.22. The zero-order valence-electron chi connectivity index (χ0n) is 22.6. The minimum Gasteiger partial charge on any atom is -0.489 e. The zero-order chi connectivity index (χ0) is 28.2. The lowest BCUT2D eigenvalue weighted by Crippen LogP contribution is -2.42. The van der Waals surface area contributed by atoms with Crippen LogP contribution < -0.4 is 16.2 Å². The summed E-state index contributed by atoms with van der Waals surface area (Å²) in [5.74, 6) is -0.225. The maximum Gasteiger partial charge on any atom is 0.440 e. The molecule has 0 saturated heterocycles. The van der Waals surface area contributed by atoms with Crippen LogP contribution in [0.4, 0.5) is 0 Å². The van der Waals surface area contributed by atoms with Crippen LogP contribution in [0.15, 0.2) is 80.8 Å². The van der Waals surface area contributed by atoms with Crippen LogP contribution >= 0.6 is 0 Å². The predicted molar refractivity (Wildman–Crippen MR) is 148 cm³/mol. The third-order valence-corrected chi connectivity index (χ3v) is 6.24. The molecule has 0 fully saturated rings. The summed E-state index contributed by atoms with van der Waals surface area (Å²) in [5.41, 5.74) is 3.83. The average Bonchev–Trinajstić information content (AvgIpc) is 3.22. The Morgan fingerprint density at radius 2 is 1.79 bits per heavy atom. The van der Waals surface area contributed by atoms with Gasteiger partial charge >= 0.3 is 11.4 Å². The fourth-order valence-corrected chi connectivity index (χ4v) is 4.37. The molecule has 0 unspecified atom stereocenters. The lowest BCUT2D eigenvalue weighted by atomic mass is 9.96. The highest BCUT2D eigenvalue weighted by molar-refractivity contribution is 5.95. The van der Waals surface area contributed by atoms with E-state index in [4.69, 9.17) is 9.26 Å². The quantitative estimate of drug-likeness (QED) is 0.320. The van der Waals surface area contributed by atoms with Gasteiger partial charge in [-0.15, -0.1) is 4.74 Å². The summed E-state index contributed by atoms with van der Waals surface area (Å²) in [7, 11) is 0. The van der Waals surface area contributed by atoms with Gasteiger partial charge in [0.15, 0.2) is 0 Å². The molecule has 4 rings (SSSR count). The largest absolute Gasteiger partial charge is 0.489 e. The molecule has 204 valence electrons. The van der Waals surface area contributed by atoms with E-state index in [2.05, 4.69) is 11.1 Å². The first-order valence-corrected chi connectivity index (χ1v) is 12.8. The van der Waals surface area contributed by atoms with E-state index in [1.165, 1.54) is 0 Å². The van der Waals surface area contributed by atoms with E-state index in [9.17, 15) is 19.5 Å². The van der Waals surface area contributed by atoms with E-state index in [1.807, 2.05) is 50.2 Å². The first-order chi connectivity index (χ1) is 18.5. The Morgan fingerprint density at radius 3 is 2.41 bits per heavy atom. The summed E-state index contributed by atoms with van der Waals surface area (Å²) in [6.07, 6.45) is 0. The molecule has 0 bridgehead atoms. The summed E-state index contributed by atoms with van der Waals surface area (Å²) in [4.78, 5) is 39.5. The molecule has 2 N–H and O–H groups in total. The summed E-state index contributed by atoms with van der Waals surface area (Å²) in [6.45, 7) is 8.54. The number of aromatic nitrogens is 2. The molecule has 4 aromatic rings. The molecule has 1 aromatic heterocycles. The van der Waals surface area contributed by atoms with Gasteiger partial charge in [-0.1, -0.05) is 36.4 Å². The number of nitrogens with zero attached hydrogens (tertiary/aromatic N) is 2. The molecule has 0 spiro atoms. The predicted octanol–water partition coefficient (Wildman–Crippen LogP) is 3.97. The van der Waals surface area contributed by atoms with Crippen LogP contribution in [0, 0.1) is 6.92 Å². The molecule has 0 aliphatic carbocycles. The topological polar surface area (TPSA) is 118 Å². The van der Waals surface area contributed by atoms with E-state index in [0.717, 1.165) is 32.6 Å². The highest BCUT2D eigenvalue weighted by atomic mass is 16.5. The van der Waals surface area contributed by atoms with Gasteiger partial charge in [0.1, 0.15) is 12.4 Å². The molecule has 0 saturated carbocycles. The van der Waals surface area contributed by atoms with E-state index < -0.39 is 17.0 Å². The minimum absolute atomic E-state index is 0.104. The molecular weight excluding hydrogens is 498 g/mol. The molecule has 39 heavy (non-hydrogen) atoms. The number of hydrogen-bond donors (Lipinski definition) is 2. The fourth-order valence-electron chi connectivity index (χ4n) is 4.37. The number of carbonyl (C=O) groups is 1. The van der Waals surface area contributed by atoms with Crippen molar-refractivity contribution in [2.24, 2.45) is 0 Å². The first kappa shape index (κ1) is 27.7. The van der Waals surface area contributed by atoms with Gasteiger partial charge in [0, 0.05) is 18.7 Å². The number of H-pyrrole nitrogens is 1. The number of ether oxygens (including phenoxy) is 1. The Kier molecular flexibility index (Phi) is 8.21. The molecule has 0 radical (unpaired) electrons. The second-order valence-electron chi connectivity index (χ2n) is 10.1. The number of amides is 1. The van der Waals surface area contributed by atoms with Crippen molar-refractivity contribution in [1.82, 2.24) is 14.6 Å². The number of nitrogens with one attached hydrogen (secondary N) is 1. The molecule has 9 nitrogen and oxygen atoms in total. The number of benzene rings is 3. The van der Waals surface area contributed by atoms with Crippen molar-refractivity contribution in [3.05, 3.63) is 110 Å². The lowest BCUT2D eigenvalue weighted by molar-refractivity contribution is 0.0314. The Morgan fingerprint density at radius 1 is 1.05 bits per heavy atom. The fraction of sp³-hybridized carbons (Fsp3) is 0.300. The number of rotatable bonds is 10. The summed E-state index contributed by atoms with van der Waals surface area (Å²) in [5, 5.41) is 10.2. The van der Waals surface area contributed by atoms with Gasteiger partial charge in [-0.2, -0.15) is 0 Å². The second kappa shape index (κ2) is 11.6. The van der Waals surface area contributed by atoms with Gasteiger partial charge in [-0.25, -0.2) is 14.6 Å². The summed E-state index contributed by atoms with van der Waals surface area (Å²) in [6, 6.07) is 20.9. The monoisotopic (exact) mass is 531 g/mol. The zero-order valence-corrected chi connectivity index (χ0v) is 22.6. The van der Waals surface area contributed by atoms with Gasteiger partial charge in [-0.3, -0.25) is 4.79 Å². The van der Waals surface area contributed by atoms with Crippen molar-refractivity contribution in [3.63, 3.8) is 0 Å². The van der Waals surface area contributed by atoms with E-state index in [1.54, 1.807) is 43.0 Å². The van der Waals surface area contributed by atoms with Crippen LogP contribution in [0.1, 0.15) is 47.8 Å². The van der Waals surface area contributed by atoms with Crippen molar-refractivity contribution >= 4 is 5.91 Å². The van der Waals surface area contributed by atoms with Crippen LogP contribution in [0.25, 0.3) is 11.1 Å². The number of aryl methyl sites for hydroxylation is 1. The molecule has 1 heterocycles. The van der Waals surface area contributed by atoms with E-state index in [0.29, 0.717) is 24.5 Å². The van der Waals surface area contributed by atoms with E-state index in [-0.39, 0.29) is 19.0 Å². The number of aliphatic hydroxyl groups is 1. The maximum atomic E-state index is 13.0. The van der Waals surface area contributed by atoms with Crippen molar-refractivity contribution < 1.29 is 19.2 Å². The molecular formula is C30H33N3O6. The van der Waals surface area contributed by atoms with Crippen LogP contribution in [0.5, 0.6) is 5.75 Å². The molecule has 0 aliphatic heterocycles. The molecule has 3 aromatic carbocycles. The van der Waals surface area contributed by atoms with Crippen LogP contribution in [-0.2, 0) is 13.2 Å². The van der Waals surface area contributed by atoms with E-state index >= 15 is 0 Å². The second-order valence-corrected chi connectivity index (χ2v) is 10.1. The Labute approximate surface area is 226 Å². The SMILES string of the molecule is CCN(CC(C)(C)O)C(=O)c1ccc(-c2cccc(COc3ccc(Cn4oc(=O)[nH]c4=O)cc3)c2)c(C)c1. The average molecular weight is 532 g/mol. The van der Waals surface area contributed by atoms with Gasteiger partial charge in [0.2, 0.25) is 0 Å². The van der Waals surface area contributed by atoms with Crippen molar-refractivity contribution in [1.29, 1.82) is 0 Å². The normalized spacial score (nSPS) is 11.4. The third-order valence-electron chi connectivity index (χ3n) is 6.24. The Balaban J connectivity index is 1.42. The van der Waals surface area contributed by atoms with Crippen LogP contribution in [0.3, 0.4) is 0 Å². The van der Waals surface area contributed by atoms with Crippen molar-refractivity contribution in [2.75, 3.05) is 13.1 Å². The molecule has 0 aliphatic rings. The Bertz CT molecular complexity index is 1560. The minimum atomic E-state index is -0.965. The number of aromatic amines is 1. The van der Waals surface area contributed by atoms with Gasteiger partial charge in [-0.05, 0) is 85.8 Å². The van der Waals surface area contributed by atoms with Gasteiger partial charge in [0.05, 0.1) is 12.1 Å². The lowest BCUT2D eigenvalue weighted by Gasteiger charge is -2.28.